The Morgan fingerprint density at radius 1 is 1.10 bits per heavy atom. The quantitative estimate of drug-likeness (QED) is 0.686. The number of aryl methyl sites for hydroxylation is 1. The molecule has 0 saturated heterocycles. The van der Waals surface area contributed by atoms with Crippen molar-refractivity contribution in [3.63, 3.8) is 0 Å². The van der Waals surface area contributed by atoms with Gasteiger partial charge in [0.15, 0.2) is 0 Å². The minimum atomic E-state index is -0.216. The smallest absolute Gasteiger partial charge is 0.323 e. The molecule has 1 aromatic heterocycles. The van der Waals surface area contributed by atoms with Gasteiger partial charge in [0.05, 0.1) is 11.0 Å². The van der Waals surface area contributed by atoms with Crippen LogP contribution in [0.2, 0.25) is 0 Å². The number of halogens is 1. The first kappa shape index (κ1) is 12.5. The summed E-state index contributed by atoms with van der Waals surface area (Å²) in [6, 6.07) is 10.6. The molecule has 1 heterocycles. The zero-order chi connectivity index (χ0) is 14.1. The molecule has 0 aliphatic heterocycles. The molecule has 0 spiro atoms. The van der Waals surface area contributed by atoms with E-state index in [1.807, 2.05) is 24.3 Å². The number of rotatable bonds is 3. The normalized spacial score (nSPS) is 10.9. The summed E-state index contributed by atoms with van der Waals surface area (Å²) in [7, 11) is 0. The van der Waals surface area contributed by atoms with Crippen LogP contribution in [0.15, 0.2) is 41.2 Å². The third-order valence-electron chi connectivity index (χ3n) is 3.23. The molecule has 0 bridgehead atoms. The van der Waals surface area contributed by atoms with Gasteiger partial charge in [0.25, 0.3) is 0 Å². The fraction of sp³-hybridized carbons (Fsp3) is 0.133. The highest BCUT2D eigenvalue weighted by atomic mass is 19.1. The highest BCUT2D eigenvalue weighted by molar-refractivity contribution is 5.78. The predicted molar refractivity (Wildman–Crippen MR) is 77.4 cm³/mol. The number of H-pyrrole nitrogens is 2. The third kappa shape index (κ3) is 2.42. The summed E-state index contributed by atoms with van der Waals surface area (Å²) >= 11 is 0. The van der Waals surface area contributed by atoms with Crippen LogP contribution in [0.25, 0.3) is 11.0 Å². The van der Waals surface area contributed by atoms with Gasteiger partial charge in [0, 0.05) is 12.2 Å². The van der Waals surface area contributed by atoms with Crippen LogP contribution in [0, 0.1) is 12.7 Å². The molecular weight excluding hydrogens is 257 g/mol. The fourth-order valence-electron chi connectivity index (χ4n) is 2.16. The molecule has 20 heavy (non-hydrogen) atoms. The van der Waals surface area contributed by atoms with Gasteiger partial charge < -0.3 is 15.3 Å². The number of imidazole rings is 1. The molecule has 4 nitrogen and oxygen atoms in total. The Morgan fingerprint density at radius 3 is 2.70 bits per heavy atom. The molecule has 0 saturated carbocycles. The Bertz CT molecular complexity index is 819. The minimum Gasteiger partial charge on any atom is -0.381 e. The van der Waals surface area contributed by atoms with E-state index in [4.69, 9.17) is 0 Å². The molecule has 3 rings (SSSR count). The number of aromatic nitrogens is 2. The average molecular weight is 271 g/mol. The maximum Gasteiger partial charge on any atom is 0.323 e. The molecule has 0 radical (unpaired) electrons. The Labute approximate surface area is 114 Å². The lowest BCUT2D eigenvalue weighted by Crippen LogP contribution is -2.00. The maximum atomic E-state index is 13.2. The lowest BCUT2D eigenvalue weighted by molar-refractivity contribution is 0.617. The number of hydrogen-bond acceptors (Lipinski definition) is 2. The van der Waals surface area contributed by atoms with E-state index in [1.54, 1.807) is 13.0 Å². The van der Waals surface area contributed by atoms with Gasteiger partial charge in [0.1, 0.15) is 5.82 Å². The molecule has 3 N–H and O–H groups in total. The van der Waals surface area contributed by atoms with Crippen molar-refractivity contribution >= 4 is 16.7 Å². The van der Waals surface area contributed by atoms with E-state index >= 15 is 0 Å². The first-order valence-corrected chi connectivity index (χ1v) is 6.33. The van der Waals surface area contributed by atoms with E-state index in [1.165, 1.54) is 6.07 Å². The summed E-state index contributed by atoms with van der Waals surface area (Å²) in [4.78, 5) is 16.6. The van der Waals surface area contributed by atoms with Gasteiger partial charge in [-0.1, -0.05) is 12.1 Å². The number of nitrogens with one attached hydrogen (secondary N) is 3. The van der Waals surface area contributed by atoms with Gasteiger partial charge in [-0.3, -0.25) is 0 Å². The summed E-state index contributed by atoms with van der Waals surface area (Å²) in [5.41, 5.74) is 3.86. The lowest BCUT2D eigenvalue weighted by atomic mass is 10.1. The van der Waals surface area contributed by atoms with Crippen molar-refractivity contribution in [2.24, 2.45) is 0 Å². The first-order valence-electron chi connectivity index (χ1n) is 6.33. The Hall–Kier alpha value is -2.56. The van der Waals surface area contributed by atoms with Crippen LogP contribution in [0.1, 0.15) is 11.1 Å². The lowest BCUT2D eigenvalue weighted by Gasteiger charge is -2.07. The Kier molecular flexibility index (Phi) is 3.02. The van der Waals surface area contributed by atoms with E-state index in [9.17, 15) is 9.18 Å². The van der Waals surface area contributed by atoms with Crippen molar-refractivity contribution in [3.05, 3.63) is 63.8 Å². The molecule has 0 unspecified atom stereocenters. The summed E-state index contributed by atoms with van der Waals surface area (Å²) in [6.07, 6.45) is 0. The predicted octanol–water partition coefficient (Wildman–Crippen LogP) is 2.92. The Morgan fingerprint density at radius 2 is 1.90 bits per heavy atom. The minimum absolute atomic E-state index is 0.194. The second-order valence-electron chi connectivity index (χ2n) is 4.78. The Balaban J connectivity index is 1.78. The van der Waals surface area contributed by atoms with E-state index in [0.29, 0.717) is 12.1 Å². The number of hydrogen-bond donors (Lipinski definition) is 3. The van der Waals surface area contributed by atoms with Crippen LogP contribution in [-0.4, -0.2) is 9.97 Å². The summed E-state index contributed by atoms with van der Waals surface area (Å²) < 4.78 is 13.2. The molecule has 0 atom stereocenters. The third-order valence-corrected chi connectivity index (χ3v) is 3.23. The zero-order valence-corrected chi connectivity index (χ0v) is 11.0. The number of fused-ring (bicyclic) bond motifs is 1. The molecule has 2 aromatic carbocycles. The van der Waals surface area contributed by atoms with Crippen LogP contribution < -0.4 is 11.0 Å². The summed E-state index contributed by atoms with van der Waals surface area (Å²) in [6.45, 7) is 2.34. The van der Waals surface area contributed by atoms with Gasteiger partial charge in [0.2, 0.25) is 0 Å². The van der Waals surface area contributed by atoms with Crippen molar-refractivity contribution < 1.29 is 4.39 Å². The molecule has 0 amide bonds. The monoisotopic (exact) mass is 271 g/mol. The van der Waals surface area contributed by atoms with E-state index < -0.39 is 0 Å². The van der Waals surface area contributed by atoms with Crippen molar-refractivity contribution in [2.45, 2.75) is 13.5 Å². The van der Waals surface area contributed by atoms with Crippen molar-refractivity contribution in [1.82, 2.24) is 9.97 Å². The molecule has 0 fully saturated rings. The standard InChI is InChI=1S/C15H14FN3O/c1-9-6-10(2-4-12(9)16)8-17-11-3-5-13-14(7-11)19-15(20)18-13/h2-7,17H,8H2,1H3,(H2,18,19,20). The van der Waals surface area contributed by atoms with Gasteiger partial charge in [-0.15, -0.1) is 0 Å². The molecular formula is C15H14FN3O. The van der Waals surface area contributed by atoms with Gasteiger partial charge in [-0.25, -0.2) is 9.18 Å². The topological polar surface area (TPSA) is 60.7 Å². The van der Waals surface area contributed by atoms with E-state index in [0.717, 1.165) is 22.3 Å². The number of aromatic amines is 2. The van der Waals surface area contributed by atoms with Crippen LogP contribution in [0.5, 0.6) is 0 Å². The van der Waals surface area contributed by atoms with Crippen LogP contribution >= 0.6 is 0 Å². The van der Waals surface area contributed by atoms with Crippen molar-refractivity contribution in [1.29, 1.82) is 0 Å². The average Bonchev–Trinajstić information content (AvgIpc) is 2.79. The summed E-state index contributed by atoms with van der Waals surface area (Å²) in [5, 5.41) is 3.25. The van der Waals surface area contributed by atoms with Gasteiger partial charge in [-0.2, -0.15) is 0 Å². The molecule has 0 aliphatic carbocycles. The highest BCUT2D eigenvalue weighted by Gasteiger charge is 2.01. The molecule has 102 valence electrons. The molecule has 5 heteroatoms. The first-order chi connectivity index (χ1) is 9.61. The highest BCUT2D eigenvalue weighted by Crippen LogP contribution is 2.16. The van der Waals surface area contributed by atoms with Gasteiger partial charge in [-0.05, 0) is 42.3 Å². The second kappa shape index (κ2) is 4.85. The summed E-state index contributed by atoms with van der Waals surface area (Å²) in [5.74, 6) is -0.194. The SMILES string of the molecule is Cc1cc(CNc2ccc3[nH]c(=O)[nH]c3c2)ccc1F. The van der Waals surface area contributed by atoms with E-state index in [2.05, 4.69) is 15.3 Å². The maximum absolute atomic E-state index is 13.2. The zero-order valence-electron chi connectivity index (χ0n) is 11.0. The van der Waals surface area contributed by atoms with Crippen LogP contribution in [0.4, 0.5) is 10.1 Å². The largest absolute Gasteiger partial charge is 0.381 e. The molecule has 0 aliphatic rings. The fourth-order valence-corrected chi connectivity index (χ4v) is 2.16. The van der Waals surface area contributed by atoms with Crippen LogP contribution in [-0.2, 0) is 6.54 Å². The number of anilines is 1. The number of benzene rings is 2. The van der Waals surface area contributed by atoms with Gasteiger partial charge >= 0.3 is 5.69 Å². The van der Waals surface area contributed by atoms with E-state index in [-0.39, 0.29) is 11.5 Å². The molecule has 3 aromatic rings. The van der Waals surface area contributed by atoms with Crippen molar-refractivity contribution in [3.8, 4) is 0 Å². The van der Waals surface area contributed by atoms with Crippen LogP contribution in [0.3, 0.4) is 0 Å². The second-order valence-corrected chi connectivity index (χ2v) is 4.78. The van der Waals surface area contributed by atoms with Crippen molar-refractivity contribution in [2.75, 3.05) is 5.32 Å².